The highest BCUT2D eigenvalue weighted by molar-refractivity contribution is 5.22. The third-order valence-corrected chi connectivity index (χ3v) is 1.92. The summed E-state index contributed by atoms with van der Waals surface area (Å²) in [5, 5.41) is 4.60. The molecule has 2 N–H and O–H groups in total. The van der Waals surface area contributed by atoms with Crippen molar-refractivity contribution < 1.29 is 39.5 Å². The molecule has 0 radical (unpaired) electrons. The molecule has 110 valence electrons. The van der Waals surface area contributed by atoms with Gasteiger partial charge >= 0.3 is 18.5 Å². The largest absolute Gasteiger partial charge is 0.437 e. The van der Waals surface area contributed by atoms with E-state index in [9.17, 15) is 39.5 Å². The summed E-state index contributed by atoms with van der Waals surface area (Å²) in [4.78, 5) is -0.681. The van der Waals surface area contributed by atoms with Crippen LogP contribution in [0.1, 0.15) is 17.3 Å². The average Bonchev–Trinajstić information content (AvgIpc) is 2.40. The smallest absolute Gasteiger partial charge is 0.321 e. The zero-order chi connectivity index (χ0) is 15.2. The fraction of sp³-hybridized carbons (Fsp3) is 0.667. The summed E-state index contributed by atoms with van der Waals surface area (Å²) in [5.41, 5.74) is -4.75. The van der Waals surface area contributed by atoms with Crippen molar-refractivity contribution in [2.24, 2.45) is 0 Å². The van der Waals surface area contributed by atoms with Crippen molar-refractivity contribution in [1.29, 1.82) is 0 Å². The number of alkyl halides is 9. The van der Waals surface area contributed by atoms with Gasteiger partial charge in [0.2, 0.25) is 0 Å². The summed E-state index contributed by atoms with van der Waals surface area (Å²) in [6.45, 7) is 0. The summed E-state index contributed by atoms with van der Waals surface area (Å²) < 4.78 is 111. The van der Waals surface area contributed by atoms with E-state index in [1.54, 1.807) is 0 Å². The van der Waals surface area contributed by atoms with Crippen LogP contribution in [0.2, 0.25) is 0 Å². The van der Waals surface area contributed by atoms with Crippen LogP contribution in [0.4, 0.5) is 39.5 Å². The number of nitrogen functional groups attached to an aromatic ring is 1. The summed E-state index contributed by atoms with van der Waals surface area (Å²) in [6, 6.07) is 0. The van der Waals surface area contributed by atoms with Gasteiger partial charge in [0.1, 0.15) is 5.69 Å². The molecule has 0 aliphatic heterocycles. The third kappa shape index (κ3) is 3.01. The van der Waals surface area contributed by atoms with Gasteiger partial charge in [0.15, 0.2) is 11.6 Å². The molecular formula is C6H3F9N4. The van der Waals surface area contributed by atoms with E-state index in [-0.39, 0.29) is 0 Å². The van der Waals surface area contributed by atoms with Crippen molar-refractivity contribution in [3.63, 3.8) is 0 Å². The first kappa shape index (κ1) is 15.4. The second-order valence-electron chi connectivity index (χ2n) is 3.28. The van der Waals surface area contributed by atoms with E-state index in [4.69, 9.17) is 0 Å². The van der Waals surface area contributed by atoms with Gasteiger partial charge in [-0.3, -0.25) is 0 Å². The van der Waals surface area contributed by atoms with E-state index >= 15 is 0 Å². The summed E-state index contributed by atoms with van der Waals surface area (Å²) in [7, 11) is 0. The number of hydrogen-bond acceptors (Lipinski definition) is 3. The molecule has 0 atom stereocenters. The topological polar surface area (TPSA) is 56.7 Å². The molecule has 0 saturated heterocycles. The van der Waals surface area contributed by atoms with Crippen molar-refractivity contribution in [3.8, 4) is 0 Å². The van der Waals surface area contributed by atoms with E-state index in [2.05, 4.69) is 16.2 Å². The highest BCUT2D eigenvalue weighted by Gasteiger charge is 2.61. The van der Waals surface area contributed by atoms with Crippen molar-refractivity contribution in [3.05, 3.63) is 11.4 Å². The van der Waals surface area contributed by atoms with Gasteiger partial charge in [-0.2, -0.15) is 44.3 Å². The molecule has 0 aliphatic rings. The molecule has 0 spiro atoms. The SMILES string of the molecule is Nn1nnc(C(C(F)(F)F)C(F)(F)F)c1C(F)(F)F. The minimum atomic E-state index is -6.02. The first-order chi connectivity index (χ1) is 8.26. The van der Waals surface area contributed by atoms with Crippen molar-refractivity contribution >= 4 is 0 Å². The molecule has 1 heterocycles. The van der Waals surface area contributed by atoms with Gasteiger partial charge in [-0.1, -0.05) is 0 Å². The van der Waals surface area contributed by atoms with Gasteiger partial charge in [-0.25, -0.2) is 0 Å². The number of nitrogens with two attached hydrogens (primary N) is 1. The molecule has 0 amide bonds. The third-order valence-electron chi connectivity index (χ3n) is 1.92. The molecule has 19 heavy (non-hydrogen) atoms. The number of aromatic nitrogens is 3. The molecule has 0 fully saturated rings. The zero-order valence-electron chi connectivity index (χ0n) is 8.40. The molecule has 1 aromatic rings. The van der Waals surface area contributed by atoms with E-state index in [0.717, 1.165) is 0 Å². The maximum absolute atomic E-state index is 12.4. The number of nitrogens with zero attached hydrogens (tertiary/aromatic N) is 3. The summed E-state index contributed by atoms with van der Waals surface area (Å²) in [5.74, 6) is 0.118. The Balaban J connectivity index is 3.51. The van der Waals surface area contributed by atoms with E-state index < -0.39 is 40.6 Å². The summed E-state index contributed by atoms with van der Waals surface area (Å²) >= 11 is 0. The molecule has 0 aliphatic carbocycles. The first-order valence-electron chi connectivity index (χ1n) is 4.17. The van der Waals surface area contributed by atoms with Crippen LogP contribution in [0.15, 0.2) is 0 Å². The lowest BCUT2D eigenvalue weighted by Crippen LogP contribution is -2.36. The lowest BCUT2D eigenvalue weighted by molar-refractivity contribution is -0.255. The van der Waals surface area contributed by atoms with Gasteiger partial charge in [-0.05, 0) is 5.21 Å². The van der Waals surface area contributed by atoms with E-state index in [0.29, 0.717) is 0 Å². The number of rotatable bonds is 1. The Hall–Kier alpha value is -1.69. The van der Waals surface area contributed by atoms with Gasteiger partial charge in [-0.15, -0.1) is 5.10 Å². The van der Waals surface area contributed by atoms with Gasteiger partial charge in [0.25, 0.3) is 0 Å². The highest BCUT2D eigenvalue weighted by atomic mass is 19.4. The molecule has 4 nitrogen and oxygen atoms in total. The predicted molar refractivity (Wildman–Crippen MR) is 40.0 cm³/mol. The van der Waals surface area contributed by atoms with E-state index in [1.807, 2.05) is 0 Å². The van der Waals surface area contributed by atoms with Crippen LogP contribution in [0.3, 0.4) is 0 Å². The van der Waals surface area contributed by atoms with Crippen molar-refractivity contribution in [2.75, 3.05) is 5.84 Å². The minimum absolute atomic E-state index is 0.681. The molecule has 0 bridgehead atoms. The van der Waals surface area contributed by atoms with Crippen molar-refractivity contribution in [1.82, 2.24) is 15.1 Å². The van der Waals surface area contributed by atoms with E-state index in [1.165, 1.54) is 0 Å². The Morgan fingerprint density at radius 3 is 1.63 bits per heavy atom. The molecule has 1 rings (SSSR count). The normalized spacial score (nSPS) is 14.2. The van der Waals surface area contributed by atoms with Crippen LogP contribution in [0, 0.1) is 0 Å². The second kappa shape index (κ2) is 4.16. The molecular weight excluding hydrogens is 299 g/mol. The Morgan fingerprint density at radius 1 is 0.895 bits per heavy atom. The summed E-state index contributed by atoms with van der Waals surface area (Å²) in [6.07, 6.45) is -17.6. The Labute approximate surface area is 97.5 Å². The highest BCUT2D eigenvalue weighted by Crippen LogP contribution is 2.48. The van der Waals surface area contributed by atoms with Gasteiger partial charge in [0.05, 0.1) is 0 Å². The predicted octanol–water partition coefficient (Wildman–Crippen LogP) is 2.22. The van der Waals surface area contributed by atoms with Crippen LogP contribution in [-0.2, 0) is 6.18 Å². The van der Waals surface area contributed by atoms with Crippen LogP contribution in [-0.4, -0.2) is 27.5 Å². The van der Waals surface area contributed by atoms with Crippen LogP contribution >= 0.6 is 0 Å². The minimum Gasteiger partial charge on any atom is -0.321 e. The van der Waals surface area contributed by atoms with Gasteiger partial charge < -0.3 is 5.84 Å². The van der Waals surface area contributed by atoms with Crippen LogP contribution in [0.25, 0.3) is 0 Å². The lowest BCUT2D eigenvalue weighted by Gasteiger charge is -2.22. The molecule has 0 unspecified atom stereocenters. The Kier molecular flexibility index (Phi) is 3.37. The fourth-order valence-corrected chi connectivity index (χ4v) is 1.27. The zero-order valence-corrected chi connectivity index (χ0v) is 8.40. The van der Waals surface area contributed by atoms with Crippen LogP contribution < -0.4 is 5.84 Å². The first-order valence-corrected chi connectivity index (χ1v) is 4.17. The lowest BCUT2D eigenvalue weighted by atomic mass is 10.0. The second-order valence-corrected chi connectivity index (χ2v) is 3.28. The molecule has 0 aromatic carbocycles. The maximum Gasteiger partial charge on any atom is 0.437 e. The molecule has 0 saturated carbocycles. The van der Waals surface area contributed by atoms with Crippen molar-refractivity contribution in [2.45, 2.75) is 24.4 Å². The average molecular weight is 302 g/mol. The monoisotopic (exact) mass is 302 g/mol. The number of hydrogen-bond donors (Lipinski definition) is 1. The standard InChI is InChI=1S/C6H3F9N4/c7-4(8,9)2(5(10,11)12)1-3(6(13,14)15)19(16)18-17-1/h2H,16H2. The van der Waals surface area contributed by atoms with Gasteiger partial charge in [0, 0.05) is 0 Å². The fourth-order valence-electron chi connectivity index (χ4n) is 1.27. The Morgan fingerprint density at radius 2 is 1.32 bits per heavy atom. The molecule has 1 aromatic heterocycles. The quantitative estimate of drug-likeness (QED) is 0.639. The number of halogens is 9. The maximum atomic E-state index is 12.4. The molecule has 13 heteroatoms. The van der Waals surface area contributed by atoms with Crippen LogP contribution in [0.5, 0.6) is 0 Å². The Bertz CT molecular complexity index is 439.